The zero-order valence-electron chi connectivity index (χ0n) is 11.6. The Hall–Kier alpha value is -2.77. The molecule has 1 amide bonds. The van der Waals surface area contributed by atoms with Crippen molar-refractivity contribution in [2.75, 3.05) is 0 Å². The van der Waals surface area contributed by atoms with Crippen LogP contribution in [0.3, 0.4) is 0 Å². The van der Waals surface area contributed by atoms with Crippen LogP contribution in [0.4, 0.5) is 0 Å². The van der Waals surface area contributed by atoms with Gasteiger partial charge >= 0.3 is 0 Å². The van der Waals surface area contributed by atoms with E-state index >= 15 is 0 Å². The molecule has 0 saturated carbocycles. The second kappa shape index (κ2) is 5.92. The Morgan fingerprint density at radius 3 is 2.36 bits per heavy atom. The van der Waals surface area contributed by atoms with Crippen molar-refractivity contribution < 1.29 is 4.79 Å². The van der Waals surface area contributed by atoms with Crippen molar-refractivity contribution in [3.8, 4) is 6.07 Å². The van der Waals surface area contributed by atoms with Gasteiger partial charge in [0.2, 0.25) is 5.91 Å². The molecule has 0 spiro atoms. The molecule has 0 aromatic heterocycles. The van der Waals surface area contributed by atoms with Crippen LogP contribution >= 0.6 is 11.8 Å². The highest BCUT2D eigenvalue weighted by atomic mass is 32.2. The highest BCUT2D eigenvalue weighted by molar-refractivity contribution is 7.99. The number of amides is 1. The van der Waals surface area contributed by atoms with Crippen LogP contribution in [0.5, 0.6) is 0 Å². The molecular formula is C18H12N2OS. The molecule has 0 unspecified atom stereocenters. The summed E-state index contributed by atoms with van der Waals surface area (Å²) in [6.07, 6.45) is 0. The molecule has 0 heterocycles. The van der Waals surface area contributed by atoms with Gasteiger partial charge in [-0.25, -0.2) is 0 Å². The van der Waals surface area contributed by atoms with Crippen LogP contribution in [0.15, 0.2) is 70.5 Å². The normalized spacial score (nSPS) is 10.3. The fourth-order valence-corrected chi connectivity index (χ4v) is 3.45. The Morgan fingerprint density at radius 1 is 0.955 bits per heavy atom. The molecule has 3 aromatic carbocycles. The number of hydrogen-bond acceptors (Lipinski definition) is 3. The van der Waals surface area contributed by atoms with Crippen molar-refractivity contribution in [1.29, 1.82) is 5.26 Å². The van der Waals surface area contributed by atoms with E-state index in [2.05, 4.69) is 6.07 Å². The monoisotopic (exact) mass is 304 g/mol. The van der Waals surface area contributed by atoms with Gasteiger partial charge in [0.05, 0.1) is 5.56 Å². The van der Waals surface area contributed by atoms with Gasteiger partial charge in [-0.05, 0) is 29.7 Å². The Labute approximate surface area is 132 Å². The molecule has 0 atom stereocenters. The van der Waals surface area contributed by atoms with Gasteiger partial charge in [0.1, 0.15) is 6.07 Å². The minimum Gasteiger partial charge on any atom is -0.366 e. The number of benzene rings is 3. The third-order valence-electron chi connectivity index (χ3n) is 3.36. The standard InChI is InChI=1S/C18H12N2OS/c19-11-13-5-1-2-9-15(13)22-16-10-4-7-12-6-3-8-14(17(12)16)18(20)21/h1-10H,(H2,20,21). The van der Waals surface area contributed by atoms with Gasteiger partial charge < -0.3 is 5.73 Å². The maximum atomic E-state index is 11.7. The first-order valence-corrected chi connectivity index (χ1v) is 7.51. The number of carbonyl (C=O) groups excluding carboxylic acids is 1. The van der Waals surface area contributed by atoms with Crippen molar-refractivity contribution in [2.45, 2.75) is 9.79 Å². The van der Waals surface area contributed by atoms with E-state index in [1.807, 2.05) is 48.5 Å². The Bertz CT molecular complexity index is 907. The molecule has 3 nitrogen and oxygen atoms in total. The van der Waals surface area contributed by atoms with Gasteiger partial charge in [-0.3, -0.25) is 4.79 Å². The number of rotatable bonds is 3. The molecule has 3 rings (SSSR count). The SMILES string of the molecule is N#Cc1ccccc1Sc1cccc2cccc(C(N)=O)c12. The van der Waals surface area contributed by atoms with Crippen LogP contribution in [-0.2, 0) is 0 Å². The van der Waals surface area contributed by atoms with Gasteiger partial charge in [0.15, 0.2) is 0 Å². The number of nitriles is 1. The molecule has 0 aliphatic carbocycles. The molecule has 3 aromatic rings. The molecule has 22 heavy (non-hydrogen) atoms. The van der Waals surface area contributed by atoms with Crippen molar-refractivity contribution in [1.82, 2.24) is 0 Å². The largest absolute Gasteiger partial charge is 0.366 e. The average molecular weight is 304 g/mol. The number of hydrogen-bond donors (Lipinski definition) is 1. The predicted molar refractivity (Wildman–Crippen MR) is 87.7 cm³/mol. The molecular weight excluding hydrogens is 292 g/mol. The molecule has 0 bridgehead atoms. The highest BCUT2D eigenvalue weighted by Gasteiger charge is 2.12. The summed E-state index contributed by atoms with van der Waals surface area (Å²) in [5.41, 5.74) is 6.61. The van der Waals surface area contributed by atoms with Gasteiger partial charge in [0.25, 0.3) is 0 Å². The summed E-state index contributed by atoms with van der Waals surface area (Å²) in [5.74, 6) is -0.452. The number of nitrogens with zero attached hydrogens (tertiary/aromatic N) is 1. The fourth-order valence-electron chi connectivity index (χ4n) is 2.36. The second-order valence-electron chi connectivity index (χ2n) is 4.73. The lowest BCUT2D eigenvalue weighted by molar-refractivity contribution is 0.100. The Morgan fingerprint density at radius 2 is 1.64 bits per heavy atom. The fraction of sp³-hybridized carbons (Fsp3) is 0. The lowest BCUT2D eigenvalue weighted by Gasteiger charge is -2.10. The summed E-state index contributed by atoms with van der Waals surface area (Å²) < 4.78 is 0. The Kier molecular flexibility index (Phi) is 3.82. The maximum Gasteiger partial charge on any atom is 0.249 e. The smallest absolute Gasteiger partial charge is 0.249 e. The van der Waals surface area contributed by atoms with E-state index in [9.17, 15) is 10.1 Å². The molecule has 2 N–H and O–H groups in total. The average Bonchev–Trinajstić information content (AvgIpc) is 2.55. The zero-order chi connectivity index (χ0) is 15.5. The Balaban J connectivity index is 2.20. The summed E-state index contributed by atoms with van der Waals surface area (Å²) in [4.78, 5) is 13.5. The van der Waals surface area contributed by atoms with E-state index in [1.165, 1.54) is 11.8 Å². The summed E-state index contributed by atoms with van der Waals surface area (Å²) in [6, 6.07) is 20.9. The van der Waals surface area contributed by atoms with E-state index in [-0.39, 0.29) is 0 Å². The van der Waals surface area contributed by atoms with E-state index < -0.39 is 5.91 Å². The first-order chi connectivity index (χ1) is 10.7. The lowest BCUT2D eigenvalue weighted by atomic mass is 10.0. The van der Waals surface area contributed by atoms with E-state index in [0.717, 1.165) is 20.6 Å². The molecule has 4 heteroatoms. The van der Waals surface area contributed by atoms with Crippen LogP contribution in [0.25, 0.3) is 10.8 Å². The van der Waals surface area contributed by atoms with Gasteiger partial charge in [-0.15, -0.1) is 0 Å². The number of primary amides is 1. The van der Waals surface area contributed by atoms with Crippen LogP contribution in [0, 0.1) is 11.3 Å². The lowest BCUT2D eigenvalue weighted by Crippen LogP contribution is -2.11. The summed E-state index contributed by atoms with van der Waals surface area (Å²) >= 11 is 1.47. The minimum absolute atomic E-state index is 0.452. The first kappa shape index (κ1) is 14.2. The predicted octanol–water partition coefficient (Wildman–Crippen LogP) is 3.96. The number of nitrogens with two attached hydrogens (primary N) is 1. The first-order valence-electron chi connectivity index (χ1n) is 6.69. The van der Waals surface area contributed by atoms with Gasteiger partial charge in [-0.2, -0.15) is 5.26 Å². The quantitative estimate of drug-likeness (QED) is 0.796. The van der Waals surface area contributed by atoms with Crippen LogP contribution < -0.4 is 5.73 Å². The molecule has 0 saturated heterocycles. The third kappa shape index (κ3) is 2.54. The van der Waals surface area contributed by atoms with Crippen molar-refractivity contribution >= 4 is 28.4 Å². The van der Waals surface area contributed by atoms with Crippen molar-refractivity contribution in [2.24, 2.45) is 5.73 Å². The van der Waals surface area contributed by atoms with Crippen molar-refractivity contribution in [3.05, 3.63) is 71.8 Å². The molecule has 0 aliphatic heterocycles. The minimum atomic E-state index is -0.452. The van der Waals surface area contributed by atoms with Gasteiger partial charge in [-0.1, -0.05) is 48.2 Å². The summed E-state index contributed by atoms with van der Waals surface area (Å²) in [6.45, 7) is 0. The zero-order valence-corrected chi connectivity index (χ0v) is 12.4. The maximum absolute atomic E-state index is 11.7. The van der Waals surface area contributed by atoms with E-state index in [1.54, 1.807) is 12.1 Å². The highest BCUT2D eigenvalue weighted by Crippen LogP contribution is 2.36. The molecule has 106 valence electrons. The van der Waals surface area contributed by atoms with Crippen molar-refractivity contribution in [3.63, 3.8) is 0 Å². The molecule has 0 aliphatic rings. The third-order valence-corrected chi connectivity index (χ3v) is 4.50. The number of fused-ring (bicyclic) bond motifs is 1. The van der Waals surface area contributed by atoms with Crippen LogP contribution in [-0.4, -0.2) is 5.91 Å². The summed E-state index contributed by atoms with van der Waals surface area (Å²) in [7, 11) is 0. The van der Waals surface area contributed by atoms with Crippen LogP contribution in [0.1, 0.15) is 15.9 Å². The number of carbonyl (C=O) groups is 1. The molecule has 0 radical (unpaired) electrons. The van der Waals surface area contributed by atoms with E-state index in [4.69, 9.17) is 5.73 Å². The molecule has 0 fully saturated rings. The van der Waals surface area contributed by atoms with Gasteiger partial charge in [0, 0.05) is 20.7 Å². The summed E-state index contributed by atoms with van der Waals surface area (Å²) in [5, 5.41) is 11.0. The van der Waals surface area contributed by atoms with E-state index in [0.29, 0.717) is 11.1 Å². The second-order valence-corrected chi connectivity index (χ2v) is 5.82. The van der Waals surface area contributed by atoms with Crippen LogP contribution in [0.2, 0.25) is 0 Å². The topological polar surface area (TPSA) is 66.9 Å².